The molecule has 30 heavy (non-hydrogen) atoms. The zero-order valence-electron chi connectivity index (χ0n) is 17.5. The van der Waals surface area contributed by atoms with E-state index in [-0.39, 0.29) is 11.5 Å². The predicted molar refractivity (Wildman–Crippen MR) is 116 cm³/mol. The van der Waals surface area contributed by atoms with Crippen molar-refractivity contribution in [2.45, 2.75) is 57.9 Å². The lowest BCUT2D eigenvalue weighted by molar-refractivity contribution is 0.0661. The lowest BCUT2D eigenvalue weighted by Crippen LogP contribution is -2.40. The van der Waals surface area contributed by atoms with Crippen LogP contribution in [0.4, 0.5) is 10.1 Å². The van der Waals surface area contributed by atoms with Crippen LogP contribution >= 0.6 is 0 Å². The van der Waals surface area contributed by atoms with E-state index >= 15 is 0 Å². The fourth-order valence-corrected chi connectivity index (χ4v) is 4.94. The molecule has 2 aromatic rings. The molecule has 2 aromatic carbocycles. The van der Waals surface area contributed by atoms with Crippen molar-refractivity contribution < 1.29 is 14.0 Å². The lowest BCUT2D eigenvalue weighted by atomic mass is 9.83. The molecule has 1 saturated heterocycles. The molecule has 0 radical (unpaired) electrons. The third kappa shape index (κ3) is 4.25. The second-order valence-electron chi connectivity index (χ2n) is 8.57. The molecule has 0 unspecified atom stereocenters. The minimum atomic E-state index is -0.563. The first-order valence-corrected chi connectivity index (χ1v) is 11.0. The minimum Gasteiger partial charge on any atom is -0.335 e. The highest BCUT2D eigenvalue weighted by atomic mass is 19.1. The summed E-state index contributed by atoms with van der Waals surface area (Å²) in [5.41, 5.74) is 1.95. The SMILES string of the molecule is Cc1ccc(C(=O)N2CCC[C@@H]2C2CCCCC2)cc1NC(=O)c1ccccc1F. The molecule has 4 rings (SSSR count). The van der Waals surface area contributed by atoms with Gasteiger partial charge in [-0.25, -0.2) is 4.39 Å². The molecule has 1 heterocycles. The number of hydrogen-bond acceptors (Lipinski definition) is 2. The lowest BCUT2D eigenvalue weighted by Gasteiger charge is -2.34. The van der Waals surface area contributed by atoms with Crippen LogP contribution in [0, 0.1) is 18.7 Å². The minimum absolute atomic E-state index is 0.00876. The Hall–Kier alpha value is -2.69. The number of hydrogen-bond donors (Lipinski definition) is 1. The summed E-state index contributed by atoms with van der Waals surface area (Å²) in [7, 11) is 0. The Morgan fingerprint density at radius 2 is 1.77 bits per heavy atom. The number of aryl methyl sites for hydroxylation is 1. The van der Waals surface area contributed by atoms with Crippen LogP contribution in [-0.2, 0) is 0 Å². The molecule has 1 aliphatic heterocycles. The molecule has 4 nitrogen and oxygen atoms in total. The predicted octanol–water partition coefficient (Wildman–Crippen LogP) is 5.57. The monoisotopic (exact) mass is 408 g/mol. The Bertz CT molecular complexity index is 936. The standard InChI is InChI=1S/C25H29FN2O2/c1-17-13-14-19(16-22(17)27-24(29)20-10-5-6-11-21(20)26)25(30)28-15-7-12-23(28)18-8-3-2-4-9-18/h5-6,10-11,13-14,16,18,23H,2-4,7-9,12,15H2,1H3,(H,27,29)/t23-/m1/s1. The van der Waals surface area contributed by atoms with Crippen LogP contribution in [0.1, 0.15) is 71.2 Å². The summed E-state index contributed by atoms with van der Waals surface area (Å²) in [6.07, 6.45) is 8.40. The number of nitrogens with zero attached hydrogens (tertiary/aromatic N) is 1. The first-order valence-electron chi connectivity index (χ1n) is 11.0. The van der Waals surface area contributed by atoms with Crippen LogP contribution in [0.3, 0.4) is 0 Å². The van der Waals surface area contributed by atoms with E-state index in [4.69, 9.17) is 0 Å². The third-order valence-corrected chi connectivity index (χ3v) is 6.61. The number of halogens is 1. The van der Waals surface area contributed by atoms with E-state index in [9.17, 15) is 14.0 Å². The quantitative estimate of drug-likeness (QED) is 0.719. The molecule has 158 valence electrons. The number of nitrogens with one attached hydrogen (secondary N) is 1. The van der Waals surface area contributed by atoms with E-state index in [0.717, 1.165) is 24.9 Å². The maximum Gasteiger partial charge on any atom is 0.258 e. The van der Waals surface area contributed by atoms with Crippen LogP contribution in [-0.4, -0.2) is 29.3 Å². The van der Waals surface area contributed by atoms with E-state index in [1.165, 1.54) is 44.2 Å². The second kappa shape index (κ2) is 8.99. The smallest absolute Gasteiger partial charge is 0.258 e. The molecule has 1 aliphatic carbocycles. The normalized spacial score (nSPS) is 19.7. The Morgan fingerprint density at radius 1 is 1.00 bits per heavy atom. The van der Waals surface area contributed by atoms with Gasteiger partial charge in [-0.05, 0) is 68.4 Å². The van der Waals surface area contributed by atoms with Crippen molar-refractivity contribution in [3.8, 4) is 0 Å². The molecule has 2 aliphatic rings. The van der Waals surface area contributed by atoms with Gasteiger partial charge in [0.25, 0.3) is 11.8 Å². The fourth-order valence-electron chi connectivity index (χ4n) is 4.94. The maximum atomic E-state index is 14.0. The summed E-state index contributed by atoms with van der Waals surface area (Å²) in [6, 6.07) is 11.6. The molecule has 1 saturated carbocycles. The van der Waals surface area contributed by atoms with Crippen LogP contribution in [0.2, 0.25) is 0 Å². The Morgan fingerprint density at radius 3 is 2.53 bits per heavy atom. The summed E-state index contributed by atoms with van der Waals surface area (Å²) in [6.45, 7) is 2.66. The zero-order valence-corrected chi connectivity index (χ0v) is 17.5. The van der Waals surface area contributed by atoms with Crippen molar-refractivity contribution in [2.24, 2.45) is 5.92 Å². The summed E-state index contributed by atoms with van der Waals surface area (Å²) >= 11 is 0. The second-order valence-corrected chi connectivity index (χ2v) is 8.57. The maximum absolute atomic E-state index is 14.0. The van der Waals surface area contributed by atoms with Gasteiger partial charge in [0.15, 0.2) is 0 Å². The zero-order chi connectivity index (χ0) is 21.1. The van der Waals surface area contributed by atoms with Crippen molar-refractivity contribution in [3.63, 3.8) is 0 Å². The molecule has 2 fully saturated rings. The van der Waals surface area contributed by atoms with E-state index in [2.05, 4.69) is 5.32 Å². The number of likely N-dealkylation sites (tertiary alicyclic amines) is 1. The van der Waals surface area contributed by atoms with Gasteiger partial charge in [0.05, 0.1) is 5.56 Å². The number of anilines is 1. The Labute approximate surface area is 177 Å². The molecule has 5 heteroatoms. The van der Waals surface area contributed by atoms with Crippen molar-refractivity contribution in [2.75, 3.05) is 11.9 Å². The Kier molecular flexibility index (Phi) is 6.16. The summed E-state index contributed by atoms with van der Waals surface area (Å²) in [5.74, 6) is -0.435. The first kappa shape index (κ1) is 20.6. The highest BCUT2D eigenvalue weighted by Gasteiger charge is 2.35. The number of rotatable bonds is 4. The molecule has 1 atom stereocenters. The molecular weight excluding hydrogens is 379 g/mol. The largest absolute Gasteiger partial charge is 0.335 e. The topological polar surface area (TPSA) is 49.4 Å². The van der Waals surface area contributed by atoms with Gasteiger partial charge in [0.2, 0.25) is 0 Å². The Balaban J connectivity index is 1.53. The summed E-state index contributed by atoms with van der Waals surface area (Å²) < 4.78 is 14.0. The molecule has 0 spiro atoms. The molecular formula is C25H29FN2O2. The van der Waals surface area contributed by atoms with Crippen LogP contribution in [0.15, 0.2) is 42.5 Å². The highest BCUT2D eigenvalue weighted by molar-refractivity contribution is 6.05. The first-order chi connectivity index (χ1) is 14.5. The van der Waals surface area contributed by atoms with Crippen molar-refractivity contribution in [1.29, 1.82) is 0 Å². The van der Waals surface area contributed by atoms with E-state index in [0.29, 0.717) is 23.2 Å². The highest BCUT2D eigenvalue weighted by Crippen LogP contribution is 2.35. The average molecular weight is 409 g/mol. The van der Waals surface area contributed by atoms with Crippen molar-refractivity contribution in [1.82, 2.24) is 4.90 Å². The molecule has 0 aromatic heterocycles. The van der Waals surface area contributed by atoms with E-state index in [1.807, 2.05) is 24.0 Å². The van der Waals surface area contributed by atoms with Gasteiger partial charge in [-0.1, -0.05) is 37.5 Å². The third-order valence-electron chi connectivity index (χ3n) is 6.61. The number of carbonyl (C=O) groups is 2. The van der Waals surface area contributed by atoms with Gasteiger partial charge < -0.3 is 10.2 Å². The van der Waals surface area contributed by atoms with Crippen molar-refractivity contribution in [3.05, 3.63) is 65.0 Å². The summed E-state index contributed by atoms with van der Waals surface area (Å²) in [5, 5.41) is 2.78. The van der Waals surface area contributed by atoms with Gasteiger partial charge in [0, 0.05) is 23.8 Å². The van der Waals surface area contributed by atoms with Gasteiger partial charge in [-0.2, -0.15) is 0 Å². The van der Waals surface area contributed by atoms with Gasteiger partial charge >= 0.3 is 0 Å². The molecule has 0 bridgehead atoms. The fraction of sp³-hybridized carbons (Fsp3) is 0.440. The van der Waals surface area contributed by atoms with Gasteiger partial charge in [0.1, 0.15) is 5.82 Å². The van der Waals surface area contributed by atoms with Gasteiger partial charge in [-0.15, -0.1) is 0 Å². The number of amides is 2. The summed E-state index contributed by atoms with van der Waals surface area (Å²) in [4.78, 5) is 27.9. The van der Waals surface area contributed by atoms with E-state index < -0.39 is 11.7 Å². The van der Waals surface area contributed by atoms with E-state index in [1.54, 1.807) is 18.2 Å². The van der Waals surface area contributed by atoms with Crippen LogP contribution in [0.25, 0.3) is 0 Å². The number of carbonyl (C=O) groups excluding carboxylic acids is 2. The number of benzene rings is 2. The van der Waals surface area contributed by atoms with Crippen molar-refractivity contribution >= 4 is 17.5 Å². The van der Waals surface area contributed by atoms with Crippen LogP contribution < -0.4 is 5.32 Å². The molecule has 2 amide bonds. The average Bonchev–Trinajstić information content (AvgIpc) is 3.25. The van der Waals surface area contributed by atoms with Crippen LogP contribution in [0.5, 0.6) is 0 Å². The molecule has 1 N–H and O–H groups in total. The van der Waals surface area contributed by atoms with Gasteiger partial charge in [-0.3, -0.25) is 9.59 Å².